The van der Waals surface area contributed by atoms with Crippen LogP contribution in [0.4, 0.5) is 0 Å². The Bertz CT molecular complexity index is 2890. The molecule has 7 aromatic rings. The monoisotopic (exact) mass is 1020 g/mol. The third-order valence-electron chi connectivity index (χ3n) is 14.0. The average molecular weight is 1020 g/mol. The second-order valence-electron chi connectivity index (χ2n) is 19.3. The van der Waals surface area contributed by atoms with Gasteiger partial charge in [-0.05, 0) is 106 Å². The van der Waals surface area contributed by atoms with E-state index in [1.54, 1.807) is 0 Å². The molecule has 0 bridgehead atoms. The van der Waals surface area contributed by atoms with Crippen molar-refractivity contribution in [1.82, 2.24) is 0 Å². The second-order valence-corrected chi connectivity index (χ2v) is 22.4. The summed E-state index contributed by atoms with van der Waals surface area (Å²) in [6.07, 6.45) is 9.66. The Labute approximate surface area is 446 Å². The van der Waals surface area contributed by atoms with E-state index in [0.717, 1.165) is 41.6 Å². The molecule has 3 unspecified atom stereocenters. The highest BCUT2D eigenvalue weighted by Crippen LogP contribution is 2.51. The van der Waals surface area contributed by atoms with Crippen molar-refractivity contribution >= 4 is 52.3 Å². The van der Waals surface area contributed by atoms with Crippen LogP contribution in [0.25, 0.3) is 17.0 Å². The van der Waals surface area contributed by atoms with Crippen molar-refractivity contribution in [2.75, 3.05) is 13.2 Å². The van der Waals surface area contributed by atoms with Gasteiger partial charge in [-0.15, -0.1) is 35.3 Å². The zero-order valence-corrected chi connectivity index (χ0v) is 47.7. The molecular formula is C66H80O3S3. The summed E-state index contributed by atoms with van der Waals surface area (Å²) < 4.78 is 18.2. The van der Waals surface area contributed by atoms with Crippen LogP contribution < -0.4 is 9.47 Å². The first-order chi connectivity index (χ1) is 35.3. The number of hydrogen-bond donors (Lipinski definition) is 0. The zero-order chi connectivity index (χ0) is 51.3. The van der Waals surface area contributed by atoms with E-state index in [4.69, 9.17) is 13.9 Å². The summed E-state index contributed by atoms with van der Waals surface area (Å²) in [4.78, 5) is 4.26. The van der Waals surface area contributed by atoms with Crippen molar-refractivity contribution in [3.63, 3.8) is 0 Å². The number of hydrogen-bond acceptors (Lipinski definition) is 6. The fourth-order valence-corrected chi connectivity index (χ4v) is 14.3. The van der Waals surface area contributed by atoms with E-state index in [0.29, 0.717) is 42.1 Å². The van der Waals surface area contributed by atoms with Gasteiger partial charge in [-0.25, -0.2) is 0 Å². The largest absolute Gasteiger partial charge is 0.493 e. The molecule has 0 N–H and O–H groups in total. The minimum absolute atomic E-state index is 0.404. The summed E-state index contributed by atoms with van der Waals surface area (Å²) in [5.74, 6) is 8.29. The van der Waals surface area contributed by atoms with Gasteiger partial charge in [0.1, 0.15) is 23.7 Å². The normalized spacial score (nSPS) is 17.5. The molecule has 3 nitrogen and oxygen atoms in total. The minimum atomic E-state index is 0.404. The number of thioether (sulfide) groups is 3. The van der Waals surface area contributed by atoms with Crippen LogP contribution in [0.5, 0.6) is 11.5 Å². The maximum atomic E-state index is 6.29. The number of furan rings is 1. The Morgan fingerprint density at radius 2 is 0.917 bits per heavy atom. The predicted octanol–water partition coefficient (Wildman–Crippen LogP) is 20.2. The van der Waals surface area contributed by atoms with E-state index in [9.17, 15) is 0 Å². The summed E-state index contributed by atoms with van der Waals surface area (Å²) in [7, 11) is 0. The molecule has 0 saturated heterocycles. The van der Waals surface area contributed by atoms with Crippen molar-refractivity contribution in [3.05, 3.63) is 189 Å². The quantitative estimate of drug-likeness (QED) is 0.175. The smallest absolute Gasteiger partial charge is 0.137 e. The van der Waals surface area contributed by atoms with Gasteiger partial charge in [0.25, 0.3) is 0 Å². The molecule has 0 aliphatic carbocycles. The molecule has 6 heterocycles. The maximum Gasteiger partial charge on any atom is 0.137 e. The lowest BCUT2D eigenvalue weighted by molar-refractivity contribution is 0.310. The van der Waals surface area contributed by atoms with Crippen molar-refractivity contribution in [2.24, 2.45) is 17.8 Å². The van der Waals surface area contributed by atoms with Crippen LogP contribution in [-0.2, 0) is 23.7 Å². The first-order valence-electron chi connectivity index (χ1n) is 27.1. The van der Waals surface area contributed by atoms with Crippen molar-refractivity contribution in [3.8, 4) is 11.5 Å². The van der Waals surface area contributed by atoms with Crippen LogP contribution in [0.15, 0.2) is 147 Å². The number of aryl methyl sites for hydroxylation is 1. The highest BCUT2D eigenvalue weighted by Gasteiger charge is 2.33. The highest BCUT2D eigenvalue weighted by molar-refractivity contribution is 7.99. The molecule has 5 aliphatic rings. The Morgan fingerprint density at radius 1 is 0.458 bits per heavy atom. The SMILES string of the molecule is CC.CC.CC.CC(C)C1c2ccccc2SCc2ccc3c(c21)OCC=C3.CC(C)C1c2ccccc2SCc2ccc3c(c21)OCCCC3.CC(C)C1c2ccccc2SCc2ccc3ccoc3c21. The summed E-state index contributed by atoms with van der Waals surface area (Å²) in [6.45, 7) is 27.5. The van der Waals surface area contributed by atoms with Gasteiger partial charge >= 0.3 is 0 Å². The number of benzene rings is 6. The molecule has 72 heavy (non-hydrogen) atoms. The molecule has 6 heteroatoms. The zero-order valence-electron chi connectivity index (χ0n) is 45.3. The summed E-state index contributed by atoms with van der Waals surface area (Å²) in [5.41, 5.74) is 16.7. The first kappa shape index (κ1) is 55.0. The minimum Gasteiger partial charge on any atom is -0.493 e. The van der Waals surface area contributed by atoms with E-state index >= 15 is 0 Å². The lowest BCUT2D eigenvalue weighted by atomic mass is 9.79. The molecule has 6 aromatic carbocycles. The average Bonchev–Trinajstić information content (AvgIpc) is 3.53. The third-order valence-corrected chi connectivity index (χ3v) is 17.4. The van der Waals surface area contributed by atoms with Crippen molar-refractivity contribution < 1.29 is 13.9 Å². The van der Waals surface area contributed by atoms with Crippen LogP contribution in [-0.4, -0.2) is 13.2 Å². The molecule has 0 fully saturated rings. The molecule has 0 saturated carbocycles. The van der Waals surface area contributed by atoms with Gasteiger partial charge in [0, 0.05) is 77.3 Å². The van der Waals surface area contributed by atoms with Gasteiger partial charge in [-0.2, -0.15) is 0 Å². The molecule has 12 rings (SSSR count). The van der Waals surface area contributed by atoms with Crippen molar-refractivity contribution in [2.45, 2.75) is 152 Å². The van der Waals surface area contributed by atoms with E-state index in [1.165, 1.54) is 99.9 Å². The maximum absolute atomic E-state index is 6.29. The summed E-state index contributed by atoms with van der Waals surface area (Å²) >= 11 is 5.87. The van der Waals surface area contributed by atoms with Crippen LogP contribution in [0.1, 0.15) is 175 Å². The third kappa shape index (κ3) is 11.8. The molecule has 0 spiro atoms. The van der Waals surface area contributed by atoms with Crippen LogP contribution in [0.3, 0.4) is 0 Å². The van der Waals surface area contributed by atoms with E-state index < -0.39 is 0 Å². The lowest BCUT2D eigenvalue weighted by Gasteiger charge is -2.28. The van der Waals surface area contributed by atoms with Crippen molar-refractivity contribution in [1.29, 1.82) is 0 Å². The Kier molecular flexibility index (Phi) is 20.2. The van der Waals surface area contributed by atoms with Gasteiger partial charge in [-0.3, -0.25) is 0 Å². The van der Waals surface area contributed by atoms with Crippen LogP contribution >= 0.6 is 35.3 Å². The molecule has 380 valence electrons. The van der Waals surface area contributed by atoms with E-state index in [-0.39, 0.29) is 0 Å². The topological polar surface area (TPSA) is 31.6 Å². The van der Waals surface area contributed by atoms with Gasteiger partial charge < -0.3 is 13.9 Å². The van der Waals surface area contributed by atoms with Gasteiger partial charge in [0.2, 0.25) is 0 Å². The van der Waals surface area contributed by atoms with Crippen LogP contribution in [0, 0.1) is 17.8 Å². The van der Waals surface area contributed by atoms with Gasteiger partial charge in [0.05, 0.1) is 12.9 Å². The fourth-order valence-electron chi connectivity index (χ4n) is 11.0. The molecule has 0 radical (unpaired) electrons. The van der Waals surface area contributed by atoms with E-state index in [2.05, 4.69) is 169 Å². The molecule has 3 atom stereocenters. The molecule has 0 amide bonds. The van der Waals surface area contributed by atoms with Crippen LogP contribution in [0.2, 0.25) is 0 Å². The summed E-state index contributed by atoms with van der Waals surface area (Å²) in [5, 5.41) is 1.21. The fraction of sp³-hybridized carbons (Fsp3) is 0.394. The van der Waals surface area contributed by atoms with E-state index in [1.807, 2.05) is 83.1 Å². The first-order valence-corrected chi connectivity index (χ1v) is 30.1. The lowest BCUT2D eigenvalue weighted by Crippen LogP contribution is -2.14. The van der Waals surface area contributed by atoms with Gasteiger partial charge in [0.15, 0.2) is 0 Å². The number of rotatable bonds is 3. The predicted molar refractivity (Wildman–Crippen MR) is 314 cm³/mol. The Hall–Kier alpha value is -4.75. The second kappa shape index (κ2) is 26.5. The Morgan fingerprint density at radius 3 is 1.46 bits per heavy atom. The molecule has 1 aromatic heterocycles. The number of ether oxygens (including phenoxy) is 2. The number of fused-ring (bicyclic) bond motifs is 12. The molecule has 5 aliphatic heterocycles. The van der Waals surface area contributed by atoms with Gasteiger partial charge in [-0.1, -0.05) is 180 Å². The highest BCUT2D eigenvalue weighted by atomic mass is 32.2. The summed E-state index contributed by atoms with van der Waals surface area (Å²) in [6, 6.07) is 42.3. The standard InChI is InChI=1S/C21H24OS.C20H20OS.C19H18OS.3C2H6/c1-14(2)19-17-8-3-4-9-18(17)23-13-16-11-10-15-7-5-6-12-22-21(15)20(16)19;1-13(2)18-16-7-3-4-8-17(16)22-12-15-10-9-14-6-5-11-21-20(14)19(15)18;1-12(2)17-15-5-3-4-6-16(15)21-11-14-8-7-13-9-10-20-19(13)18(14)17;3*1-2/h3-4,8-11,14,19H,5-7,12-13H2,1-2H3;3-10,13,18H,11-12H2,1-2H3;3-10,12,17H,11H2,1-2H3;3*1-2H3. The molecular weight excluding hydrogens is 937 g/mol. The Balaban J connectivity index is 0.000000151.